The first-order valence-electron chi connectivity index (χ1n) is 4.75. The maximum atomic E-state index is 11.1. The summed E-state index contributed by atoms with van der Waals surface area (Å²) in [6.45, 7) is 5.36. The molecule has 0 N–H and O–H groups in total. The highest BCUT2D eigenvalue weighted by atomic mass is 16.5. The first-order chi connectivity index (χ1) is 6.06. The predicted molar refractivity (Wildman–Crippen MR) is 50.4 cm³/mol. The zero-order chi connectivity index (χ0) is 10.3. The molecule has 0 radical (unpaired) electrons. The van der Waals surface area contributed by atoms with Gasteiger partial charge in [-0.1, -0.05) is 6.92 Å². The minimum atomic E-state index is -0.199. The summed E-state index contributed by atoms with van der Waals surface area (Å²) >= 11 is 0. The van der Waals surface area contributed by atoms with Crippen LogP contribution in [0.1, 0.15) is 46.5 Å². The molecule has 0 aromatic rings. The molecule has 0 aliphatic rings. The summed E-state index contributed by atoms with van der Waals surface area (Å²) in [6.07, 6.45) is 2.24. The van der Waals surface area contributed by atoms with Crippen molar-refractivity contribution in [3.8, 4) is 0 Å². The quantitative estimate of drug-likeness (QED) is 0.596. The van der Waals surface area contributed by atoms with E-state index in [0.717, 1.165) is 6.42 Å². The minimum Gasteiger partial charge on any atom is -0.463 e. The molecule has 0 saturated carbocycles. The normalized spacial score (nSPS) is 12.2. The highest BCUT2D eigenvalue weighted by molar-refractivity contribution is 5.76. The molecule has 0 bridgehead atoms. The van der Waals surface area contributed by atoms with Gasteiger partial charge in [0.05, 0.1) is 6.10 Å². The Labute approximate surface area is 79.5 Å². The Morgan fingerprint density at radius 2 is 1.92 bits per heavy atom. The van der Waals surface area contributed by atoms with Gasteiger partial charge in [0.1, 0.15) is 5.78 Å². The Kier molecular flexibility index (Phi) is 6.20. The van der Waals surface area contributed by atoms with Crippen LogP contribution in [0, 0.1) is 0 Å². The number of ether oxygens (including phenoxy) is 1. The fourth-order valence-corrected chi connectivity index (χ4v) is 0.848. The van der Waals surface area contributed by atoms with Gasteiger partial charge in [0.15, 0.2) is 0 Å². The maximum Gasteiger partial charge on any atom is 0.306 e. The second-order valence-corrected chi connectivity index (χ2v) is 3.26. The Morgan fingerprint density at radius 3 is 2.38 bits per heavy atom. The monoisotopic (exact) mass is 186 g/mol. The number of carbonyl (C=O) groups excluding carboxylic acids is 2. The SMILES string of the molecule is CCC(C)OC(=O)CCCC(C)=O. The molecule has 0 aliphatic heterocycles. The third-order valence-electron chi connectivity index (χ3n) is 1.82. The van der Waals surface area contributed by atoms with E-state index in [2.05, 4.69) is 0 Å². The van der Waals surface area contributed by atoms with E-state index in [1.54, 1.807) is 0 Å². The third-order valence-corrected chi connectivity index (χ3v) is 1.82. The molecule has 0 amide bonds. The summed E-state index contributed by atoms with van der Waals surface area (Å²) in [5.41, 5.74) is 0. The van der Waals surface area contributed by atoms with Crippen LogP contribution in [0.5, 0.6) is 0 Å². The Morgan fingerprint density at radius 1 is 1.31 bits per heavy atom. The van der Waals surface area contributed by atoms with E-state index in [1.807, 2.05) is 13.8 Å². The average molecular weight is 186 g/mol. The maximum absolute atomic E-state index is 11.1. The van der Waals surface area contributed by atoms with E-state index in [1.165, 1.54) is 6.92 Å². The van der Waals surface area contributed by atoms with Crippen LogP contribution in [0.25, 0.3) is 0 Å². The lowest BCUT2D eigenvalue weighted by Gasteiger charge is -2.09. The van der Waals surface area contributed by atoms with E-state index < -0.39 is 0 Å². The average Bonchev–Trinajstić information content (AvgIpc) is 2.03. The molecule has 0 heterocycles. The molecule has 3 nitrogen and oxygen atoms in total. The van der Waals surface area contributed by atoms with E-state index in [-0.39, 0.29) is 17.9 Å². The van der Waals surface area contributed by atoms with Gasteiger partial charge in [0, 0.05) is 12.8 Å². The van der Waals surface area contributed by atoms with Gasteiger partial charge in [-0.3, -0.25) is 4.79 Å². The van der Waals surface area contributed by atoms with Crippen molar-refractivity contribution in [1.29, 1.82) is 0 Å². The standard InChI is InChI=1S/C10H18O3/c1-4-9(3)13-10(12)7-5-6-8(2)11/h9H,4-7H2,1-3H3. The molecule has 76 valence electrons. The predicted octanol–water partition coefficient (Wildman–Crippen LogP) is 2.09. The number of hydrogen-bond donors (Lipinski definition) is 0. The van der Waals surface area contributed by atoms with Crippen LogP contribution in [0.15, 0.2) is 0 Å². The Bertz CT molecular complexity index is 175. The van der Waals surface area contributed by atoms with Gasteiger partial charge in [-0.05, 0) is 26.7 Å². The van der Waals surface area contributed by atoms with Gasteiger partial charge in [-0.2, -0.15) is 0 Å². The van der Waals surface area contributed by atoms with Gasteiger partial charge >= 0.3 is 5.97 Å². The first-order valence-corrected chi connectivity index (χ1v) is 4.75. The number of Topliss-reactive ketones (excluding diaryl/α,β-unsaturated/α-hetero) is 1. The van der Waals surface area contributed by atoms with Crippen LogP contribution >= 0.6 is 0 Å². The van der Waals surface area contributed by atoms with E-state index in [4.69, 9.17) is 4.74 Å². The summed E-state index contributed by atoms with van der Waals surface area (Å²) in [5.74, 6) is -0.0769. The van der Waals surface area contributed by atoms with Gasteiger partial charge in [0.2, 0.25) is 0 Å². The van der Waals surface area contributed by atoms with Crippen molar-refractivity contribution in [2.75, 3.05) is 0 Å². The molecule has 3 heteroatoms. The van der Waals surface area contributed by atoms with Crippen molar-refractivity contribution in [2.24, 2.45) is 0 Å². The van der Waals surface area contributed by atoms with Gasteiger partial charge in [-0.15, -0.1) is 0 Å². The molecule has 0 fully saturated rings. The lowest BCUT2D eigenvalue weighted by molar-refractivity contribution is -0.148. The summed E-state index contributed by atoms with van der Waals surface area (Å²) in [7, 11) is 0. The summed E-state index contributed by atoms with van der Waals surface area (Å²) in [4.78, 5) is 21.6. The minimum absolute atomic E-state index is 0.00942. The van der Waals surface area contributed by atoms with Crippen LogP contribution < -0.4 is 0 Å². The highest BCUT2D eigenvalue weighted by Gasteiger charge is 2.07. The lowest BCUT2D eigenvalue weighted by atomic mass is 10.2. The molecule has 0 rings (SSSR count). The summed E-state index contributed by atoms with van der Waals surface area (Å²) < 4.78 is 5.03. The van der Waals surface area contributed by atoms with Crippen molar-refractivity contribution in [1.82, 2.24) is 0 Å². The molecular weight excluding hydrogens is 168 g/mol. The van der Waals surface area contributed by atoms with E-state index in [9.17, 15) is 9.59 Å². The molecule has 0 aliphatic carbocycles. The van der Waals surface area contributed by atoms with E-state index >= 15 is 0 Å². The second-order valence-electron chi connectivity index (χ2n) is 3.26. The zero-order valence-electron chi connectivity index (χ0n) is 8.63. The van der Waals surface area contributed by atoms with E-state index in [0.29, 0.717) is 19.3 Å². The molecule has 1 unspecified atom stereocenters. The lowest BCUT2D eigenvalue weighted by Crippen LogP contribution is -2.13. The van der Waals surface area contributed by atoms with Crippen LogP contribution in [0.4, 0.5) is 0 Å². The Hall–Kier alpha value is -0.860. The Balaban J connectivity index is 3.46. The molecular formula is C10H18O3. The number of esters is 1. The number of rotatable bonds is 6. The topological polar surface area (TPSA) is 43.4 Å². The van der Waals surface area contributed by atoms with Gasteiger partial charge < -0.3 is 9.53 Å². The fourth-order valence-electron chi connectivity index (χ4n) is 0.848. The molecule has 0 aromatic carbocycles. The highest BCUT2D eigenvalue weighted by Crippen LogP contribution is 2.02. The molecule has 0 aromatic heterocycles. The van der Waals surface area contributed by atoms with Crippen molar-refractivity contribution >= 4 is 11.8 Å². The van der Waals surface area contributed by atoms with Crippen LogP contribution in [-0.2, 0) is 14.3 Å². The van der Waals surface area contributed by atoms with Crippen LogP contribution in [0.3, 0.4) is 0 Å². The molecule has 0 spiro atoms. The number of ketones is 1. The fraction of sp³-hybridized carbons (Fsp3) is 0.800. The summed E-state index contributed by atoms with van der Waals surface area (Å²) in [5, 5.41) is 0. The van der Waals surface area contributed by atoms with Crippen molar-refractivity contribution in [3.63, 3.8) is 0 Å². The summed E-state index contributed by atoms with van der Waals surface area (Å²) in [6, 6.07) is 0. The van der Waals surface area contributed by atoms with Gasteiger partial charge in [0.25, 0.3) is 0 Å². The third kappa shape index (κ3) is 7.50. The van der Waals surface area contributed by atoms with Crippen LogP contribution in [-0.4, -0.2) is 17.9 Å². The zero-order valence-corrected chi connectivity index (χ0v) is 8.63. The van der Waals surface area contributed by atoms with Crippen LogP contribution in [0.2, 0.25) is 0 Å². The molecule has 13 heavy (non-hydrogen) atoms. The smallest absolute Gasteiger partial charge is 0.306 e. The number of carbonyl (C=O) groups is 2. The van der Waals surface area contributed by atoms with Crippen molar-refractivity contribution in [2.45, 2.75) is 52.6 Å². The second kappa shape index (κ2) is 6.63. The molecule has 0 saturated heterocycles. The number of hydrogen-bond acceptors (Lipinski definition) is 3. The van der Waals surface area contributed by atoms with Gasteiger partial charge in [-0.25, -0.2) is 0 Å². The molecule has 1 atom stereocenters. The van der Waals surface area contributed by atoms with Crippen molar-refractivity contribution < 1.29 is 14.3 Å². The van der Waals surface area contributed by atoms with Crippen molar-refractivity contribution in [3.05, 3.63) is 0 Å². The first kappa shape index (κ1) is 12.1. The largest absolute Gasteiger partial charge is 0.463 e.